The van der Waals surface area contributed by atoms with Crippen LogP contribution < -0.4 is 15.2 Å². The summed E-state index contributed by atoms with van der Waals surface area (Å²) in [6, 6.07) is 5.54. The van der Waals surface area contributed by atoms with Crippen molar-refractivity contribution in [3.63, 3.8) is 0 Å². The number of carbonyl (C=O) groups is 1. The third-order valence-electron chi connectivity index (χ3n) is 2.83. The van der Waals surface area contributed by atoms with Crippen molar-refractivity contribution in [2.24, 2.45) is 11.1 Å². The van der Waals surface area contributed by atoms with Crippen molar-refractivity contribution in [2.75, 3.05) is 20.3 Å². The van der Waals surface area contributed by atoms with E-state index in [2.05, 4.69) is 0 Å². The van der Waals surface area contributed by atoms with Gasteiger partial charge in [0, 0.05) is 0 Å². The summed E-state index contributed by atoms with van der Waals surface area (Å²) >= 11 is 0. The highest BCUT2D eigenvalue weighted by atomic mass is 16.5. The molecule has 0 fully saturated rings. The number of nitrogens with two attached hydrogens (primary N) is 1. The standard InChI is InChI=1S/C14H21NO4/c1-14(2,13(16)17)9-19-11-5-4-10(6-7-15)8-12(11)18-3/h4-5,8H,6-7,9,15H2,1-3H3,(H,16,17). The van der Waals surface area contributed by atoms with Crippen LogP contribution in [0.5, 0.6) is 11.5 Å². The molecule has 0 unspecified atom stereocenters. The van der Waals surface area contributed by atoms with E-state index < -0.39 is 11.4 Å². The molecule has 0 atom stereocenters. The molecule has 0 saturated carbocycles. The third kappa shape index (κ3) is 4.13. The van der Waals surface area contributed by atoms with Gasteiger partial charge in [0.15, 0.2) is 11.5 Å². The van der Waals surface area contributed by atoms with Gasteiger partial charge in [0.2, 0.25) is 0 Å². The van der Waals surface area contributed by atoms with Crippen LogP contribution in [-0.2, 0) is 11.2 Å². The molecule has 1 aromatic carbocycles. The molecule has 5 nitrogen and oxygen atoms in total. The molecule has 0 aromatic heterocycles. The predicted molar refractivity (Wildman–Crippen MR) is 72.7 cm³/mol. The molecular weight excluding hydrogens is 246 g/mol. The summed E-state index contributed by atoms with van der Waals surface area (Å²) < 4.78 is 10.8. The fourth-order valence-electron chi connectivity index (χ4n) is 1.47. The van der Waals surface area contributed by atoms with Gasteiger partial charge < -0.3 is 20.3 Å². The number of carboxylic acids is 1. The molecular formula is C14H21NO4. The van der Waals surface area contributed by atoms with Gasteiger partial charge in [0.05, 0.1) is 12.5 Å². The van der Waals surface area contributed by atoms with Crippen molar-refractivity contribution in [1.29, 1.82) is 0 Å². The van der Waals surface area contributed by atoms with E-state index in [0.29, 0.717) is 18.0 Å². The van der Waals surface area contributed by atoms with Gasteiger partial charge in [-0.25, -0.2) is 0 Å². The molecule has 0 heterocycles. The summed E-state index contributed by atoms with van der Waals surface area (Å²) in [7, 11) is 1.55. The summed E-state index contributed by atoms with van der Waals surface area (Å²) in [4.78, 5) is 11.0. The Morgan fingerprint density at radius 2 is 2.05 bits per heavy atom. The molecule has 0 aliphatic rings. The van der Waals surface area contributed by atoms with E-state index in [1.54, 1.807) is 27.0 Å². The second kappa shape index (κ2) is 6.43. The van der Waals surface area contributed by atoms with E-state index in [-0.39, 0.29) is 6.61 Å². The van der Waals surface area contributed by atoms with Gasteiger partial charge >= 0.3 is 5.97 Å². The molecule has 1 rings (SSSR count). The molecule has 106 valence electrons. The van der Waals surface area contributed by atoms with Crippen molar-refractivity contribution < 1.29 is 19.4 Å². The fourth-order valence-corrected chi connectivity index (χ4v) is 1.47. The molecule has 0 radical (unpaired) electrons. The number of ether oxygens (including phenoxy) is 2. The first-order valence-corrected chi connectivity index (χ1v) is 6.14. The molecule has 0 aliphatic heterocycles. The number of rotatable bonds is 7. The molecule has 3 N–H and O–H groups in total. The number of aliphatic carboxylic acids is 1. The van der Waals surface area contributed by atoms with Gasteiger partial charge in [-0.2, -0.15) is 0 Å². The zero-order valence-electron chi connectivity index (χ0n) is 11.6. The lowest BCUT2D eigenvalue weighted by Crippen LogP contribution is -2.30. The molecule has 19 heavy (non-hydrogen) atoms. The summed E-state index contributed by atoms with van der Waals surface area (Å²) in [5.74, 6) is 0.232. The molecule has 0 bridgehead atoms. The molecule has 5 heteroatoms. The van der Waals surface area contributed by atoms with Gasteiger partial charge in [-0.05, 0) is 44.5 Å². The maximum atomic E-state index is 11.0. The van der Waals surface area contributed by atoms with E-state index in [0.717, 1.165) is 12.0 Å². The van der Waals surface area contributed by atoms with Crippen LogP contribution in [0.25, 0.3) is 0 Å². The zero-order chi connectivity index (χ0) is 14.5. The van der Waals surface area contributed by atoms with E-state index in [1.807, 2.05) is 12.1 Å². The Morgan fingerprint density at radius 1 is 1.37 bits per heavy atom. The van der Waals surface area contributed by atoms with Gasteiger partial charge in [-0.15, -0.1) is 0 Å². The molecule has 0 amide bonds. The highest BCUT2D eigenvalue weighted by molar-refractivity contribution is 5.73. The first kappa shape index (κ1) is 15.3. The quantitative estimate of drug-likeness (QED) is 0.785. The maximum absolute atomic E-state index is 11.0. The minimum absolute atomic E-state index is 0.0783. The lowest BCUT2D eigenvalue weighted by molar-refractivity contribution is -0.148. The van der Waals surface area contributed by atoms with Crippen LogP contribution in [0.15, 0.2) is 18.2 Å². The van der Waals surface area contributed by atoms with Crippen LogP contribution in [-0.4, -0.2) is 31.3 Å². The van der Waals surface area contributed by atoms with Crippen molar-refractivity contribution in [3.8, 4) is 11.5 Å². The Morgan fingerprint density at radius 3 is 2.58 bits per heavy atom. The Hall–Kier alpha value is -1.75. The van der Waals surface area contributed by atoms with Crippen molar-refractivity contribution in [3.05, 3.63) is 23.8 Å². The fraction of sp³-hybridized carbons (Fsp3) is 0.500. The van der Waals surface area contributed by atoms with E-state index in [9.17, 15) is 4.79 Å². The number of benzene rings is 1. The van der Waals surface area contributed by atoms with Crippen molar-refractivity contribution >= 4 is 5.97 Å². The number of methoxy groups -OCH3 is 1. The average Bonchev–Trinajstić information content (AvgIpc) is 2.37. The Balaban J connectivity index is 2.81. The predicted octanol–water partition coefficient (Wildman–Crippen LogP) is 1.69. The highest BCUT2D eigenvalue weighted by Gasteiger charge is 2.28. The molecule has 0 saturated heterocycles. The SMILES string of the molecule is COc1cc(CCN)ccc1OCC(C)(C)C(=O)O. The van der Waals surface area contributed by atoms with Crippen molar-refractivity contribution in [2.45, 2.75) is 20.3 Å². The molecule has 0 spiro atoms. The topological polar surface area (TPSA) is 81.8 Å². The first-order chi connectivity index (χ1) is 8.90. The minimum Gasteiger partial charge on any atom is -0.493 e. The lowest BCUT2D eigenvalue weighted by atomic mass is 9.95. The minimum atomic E-state index is -0.944. The van der Waals surface area contributed by atoms with Gasteiger partial charge in [-0.3, -0.25) is 4.79 Å². The summed E-state index contributed by atoms with van der Waals surface area (Å²) in [5, 5.41) is 9.03. The second-order valence-electron chi connectivity index (χ2n) is 5.00. The van der Waals surface area contributed by atoms with E-state index in [4.69, 9.17) is 20.3 Å². The molecule has 0 aliphatic carbocycles. The second-order valence-corrected chi connectivity index (χ2v) is 5.00. The Labute approximate surface area is 113 Å². The first-order valence-electron chi connectivity index (χ1n) is 6.14. The van der Waals surface area contributed by atoms with Crippen LogP contribution >= 0.6 is 0 Å². The van der Waals surface area contributed by atoms with Crippen LogP contribution in [0.3, 0.4) is 0 Å². The monoisotopic (exact) mass is 267 g/mol. The van der Waals surface area contributed by atoms with E-state index >= 15 is 0 Å². The number of hydrogen-bond donors (Lipinski definition) is 2. The lowest BCUT2D eigenvalue weighted by Gasteiger charge is -2.20. The van der Waals surface area contributed by atoms with Crippen LogP contribution in [0.1, 0.15) is 19.4 Å². The van der Waals surface area contributed by atoms with Crippen LogP contribution in [0.2, 0.25) is 0 Å². The van der Waals surface area contributed by atoms with Gasteiger partial charge in [0.25, 0.3) is 0 Å². The highest BCUT2D eigenvalue weighted by Crippen LogP contribution is 2.30. The van der Waals surface area contributed by atoms with E-state index in [1.165, 1.54) is 0 Å². The van der Waals surface area contributed by atoms with Crippen LogP contribution in [0.4, 0.5) is 0 Å². The largest absolute Gasteiger partial charge is 0.493 e. The Bertz CT molecular complexity index is 443. The summed E-state index contributed by atoms with van der Waals surface area (Å²) in [6.45, 7) is 3.87. The molecule has 1 aromatic rings. The Kier molecular flexibility index (Phi) is 5.18. The zero-order valence-corrected chi connectivity index (χ0v) is 11.6. The average molecular weight is 267 g/mol. The number of hydrogen-bond acceptors (Lipinski definition) is 4. The normalized spacial score (nSPS) is 11.2. The van der Waals surface area contributed by atoms with Gasteiger partial charge in [0.1, 0.15) is 6.61 Å². The van der Waals surface area contributed by atoms with Gasteiger partial charge in [-0.1, -0.05) is 6.07 Å². The van der Waals surface area contributed by atoms with Crippen LogP contribution in [0, 0.1) is 5.41 Å². The third-order valence-corrected chi connectivity index (χ3v) is 2.83. The maximum Gasteiger partial charge on any atom is 0.312 e. The smallest absolute Gasteiger partial charge is 0.312 e. The number of carboxylic acid groups (broad SMARTS) is 1. The summed E-state index contributed by atoms with van der Waals surface area (Å²) in [5.41, 5.74) is 5.62. The van der Waals surface area contributed by atoms with Crippen molar-refractivity contribution in [1.82, 2.24) is 0 Å². The summed E-state index contributed by atoms with van der Waals surface area (Å²) in [6.07, 6.45) is 0.761.